The Morgan fingerprint density at radius 2 is 2.36 bits per heavy atom. The van der Waals surface area contributed by atoms with Gasteiger partial charge in [0.2, 0.25) is 0 Å². The second kappa shape index (κ2) is 4.09. The van der Waals surface area contributed by atoms with Crippen molar-refractivity contribution in [1.82, 2.24) is 5.32 Å². The van der Waals surface area contributed by atoms with Crippen LogP contribution in [0.4, 0.5) is 4.39 Å². The molecule has 0 amide bonds. The lowest BCUT2D eigenvalue weighted by Crippen LogP contribution is -2.11. The first-order chi connectivity index (χ1) is 6.77. The third kappa shape index (κ3) is 1.95. The van der Waals surface area contributed by atoms with Crippen molar-refractivity contribution in [2.45, 2.75) is 19.8 Å². The van der Waals surface area contributed by atoms with Crippen LogP contribution in [-0.4, -0.2) is 13.1 Å². The molecular weight excluding hydrogens is 177 g/mol. The van der Waals surface area contributed by atoms with E-state index in [4.69, 9.17) is 0 Å². The first-order valence-corrected chi connectivity index (χ1v) is 5.22. The van der Waals surface area contributed by atoms with Crippen LogP contribution in [-0.2, 0) is 6.42 Å². The molecule has 1 atom stereocenters. The molecule has 0 radical (unpaired) electrons. The van der Waals surface area contributed by atoms with Crippen molar-refractivity contribution in [3.05, 3.63) is 35.1 Å². The van der Waals surface area contributed by atoms with Crippen molar-refractivity contribution < 1.29 is 4.39 Å². The summed E-state index contributed by atoms with van der Waals surface area (Å²) in [5.74, 6) is 0.615. The normalized spacial score (nSPS) is 21.4. The third-order valence-electron chi connectivity index (χ3n) is 3.05. The molecule has 0 aliphatic carbocycles. The number of hydrogen-bond acceptors (Lipinski definition) is 1. The molecule has 76 valence electrons. The SMILES string of the molecule is Cc1c(F)cccc1CC1CCNC1. The van der Waals surface area contributed by atoms with Crippen LogP contribution in [0.1, 0.15) is 17.5 Å². The fraction of sp³-hybridized carbons (Fsp3) is 0.500. The largest absolute Gasteiger partial charge is 0.316 e. The van der Waals surface area contributed by atoms with Crippen LogP contribution in [0.2, 0.25) is 0 Å². The van der Waals surface area contributed by atoms with Crippen LogP contribution >= 0.6 is 0 Å². The Bertz CT molecular complexity index is 316. The molecule has 1 aromatic carbocycles. The van der Waals surface area contributed by atoms with Crippen molar-refractivity contribution in [1.29, 1.82) is 0 Å². The molecule has 1 saturated heterocycles. The molecule has 0 saturated carbocycles. The van der Waals surface area contributed by atoms with Crippen LogP contribution in [0.3, 0.4) is 0 Å². The smallest absolute Gasteiger partial charge is 0.126 e. The minimum atomic E-state index is -0.0755. The monoisotopic (exact) mass is 193 g/mol. The van der Waals surface area contributed by atoms with Gasteiger partial charge in [-0.05, 0) is 56.0 Å². The number of halogens is 1. The van der Waals surface area contributed by atoms with E-state index in [1.807, 2.05) is 13.0 Å². The summed E-state index contributed by atoms with van der Waals surface area (Å²) in [4.78, 5) is 0. The molecule has 0 spiro atoms. The second-order valence-corrected chi connectivity index (χ2v) is 4.09. The summed E-state index contributed by atoms with van der Waals surface area (Å²) >= 11 is 0. The number of nitrogens with one attached hydrogen (secondary N) is 1. The van der Waals surface area contributed by atoms with Gasteiger partial charge in [0.1, 0.15) is 5.82 Å². The summed E-state index contributed by atoms with van der Waals surface area (Å²) < 4.78 is 13.2. The van der Waals surface area contributed by atoms with E-state index in [1.54, 1.807) is 6.07 Å². The molecule has 1 nitrogen and oxygen atoms in total. The van der Waals surface area contributed by atoms with Gasteiger partial charge in [0.25, 0.3) is 0 Å². The molecule has 0 aromatic heterocycles. The summed E-state index contributed by atoms with van der Waals surface area (Å²) in [6.07, 6.45) is 2.23. The summed E-state index contributed by atoms with van der Waals surface area (Å²) in [6, 6.07) is 5.38. The lowest BCUT2D eigenvalue weighted by Gasteiger charge is -2.11. The van der Waals surface area contributed by atoms with Gasteiger partial charge in [-0.3, -0.25) is 0 Å². The van der Waals surface area contributed by atoms with Crippen LogP contribution in [0.5, 0.6) is 0 Å². The molecule has 1 heterocycles. The van der Waals surface area contributed by atoms with Crippen molar-refractivity contribution in [2.75, 3.05) is 13.1 Å². The number of rotatable bonds is 2. The van der Waals surface area contributed by atoms with Gasteiger partial charge in [-0.15, -0.1) is 0 Å². The Morgan fingerprint density at radius 1 is 1.50 bits per heavy atom. The van der Waals surface area contributed by atoms with Crippen molar-refractivity contribution in [3.8, 4) is 0 Å². The lowest BCUT2D eigenvalue weighted by atomic mass is 9.95. The van der Waals surface area contributed by atoms with E-state index in [9.17, 15) is 4.39 Å². The maximum Gasteiger partial charge on any atom is 0.126 e. The molecule has 1 N–H and O–H groups in total. The van der Waals surface area contributed by atoms with E-state index in [0.29, 0.717) is 5.92 Å². The third-order valence-corrected chi connectivity index (χ3v) is 3.05. The molecule has 2 rings (SSSR count). The van der Waals surface area contributed by atoms with Crippen LogP contribution < -0.4 is 5.32 Å². The van der Waals surface area contributed by atoms with E-state index < -0.39 is 0 Å². The highest BCUT2D eigenvalue weighted by Crippen LogP contribution is 2.19. The molecular formula is C12H16FN. The zero-order chi connectivity index (χ0) is 9.97. The minimum Gasteiger partial charge on any atom is -0.316 e. The molecule has 0 bridgehead atoms. The van der Waals surface area contributed by atoms with Gasteiger partial charge in [-0.25, -0.2) is 4.39 Å². The maximum absolute atomic E-state index is 13.2. The quantitative estimate of drug-likeness (QED) is 0.760. The summed E-state index contributed by atoms with van der Waals surface area (Å²) in [6.45, 7) is 4.06. The predicted octanol–water partition coefficient (Wildman–Crippen LogP) is 2.29. The van der Waals surface area contributed by atoms with Gasteiger partial charge in [0.15, 0.2) is 0 Å². The zero-order valence-corrected chi connectivity index (χ0v) is 8.52. The highest BCUT2D eigenvalue weighted by molar-refractivity contribution is 5.27. The highest BCUT2D eigenvalue weighted by Gasteiger charge is 2.16. The van der Waals surface area contributed by atoms with Crippen LogP contribution in [0, 0.1) is 18.7 Å². The fourth-order valence-corrected chi connectivity index (χ4v) is 2.07. The minimum absolute atomic E-state index is 0.0755. The van der Waals surface area contributed by atoms with Crippen molar-refractivity contribution in [2.24, 2.45) is 5.92 Å². The van der Waals surface area contributed by atoms with E-state index >= 15 is 0 Å². The fourth-order valence-electron chi connectivity index (χ4n) is 2.07. The van der Waals surface area contributed by atoms with Gasteiger partial charge in [-0.1, -0.05) is 12.1 Å². The molecule has 2 heteroatoms. The molecule has 1 aromatic rings. The van der Waals surface area contributed by atoms with Crippen molar-refractivity contribution in [3.63, 3.8) is 0 Å². The van der Waals surface area contributed by atoms with Crippen LogP contribution in [0.15, 0.2) is 18.2 Å². The summed E-state index contributed by atoms with van der Waals surface area (Å²) in [5, 5.41) is 3.33. The Labute approximate surface area is 84.3 Å². The Morgan fingerprint density at radius 3 is 3.07 bits per heavy atom. The summed E-state index contributed by atoms with van der Waals surface area (Å²) in [5.41, 5.74) is 1.98. The Hall–Kier alpha value is -0.890. The van der Waals surface area contributed by atoms with E-state index in [0.717, 1.165) is 25.1 Å². The first-order valence-electron chi connectivity index (χ1n) is 5.22. The molecule has 1 aliphatic heterocycles. The van der Waals surface area contributed by atoms with Gasteiger partial charge in [0, 0.05) is 0 Å². The van der Waals surface area contributed by atoms with Gasteiger partial charge >= 0.3 is 0 Å². The highest BCUT2D eigenvalue weighted by atomic mass is 19.1. The summed E-state index contributed by atoms with van der Waals surface area (Å²) in [7, 11) is 0. The standard InChI is InChI=1S/C12H16FN/c1-9-11(3-2-4-12(9)13)7-10-5-6-14-8-10/h2-4,10,14H,5-8H2,1H3. The van der Waals surface area contributed by atoms with E-state index in [-0.39, 0.29) is 5.82 Å². The Balaban J connectivity index is 2.11. The molecule has 1 fully saturated rings. The Kier molecular flexibility index (Phi) is 2.82. The lowest BCUT2D eigenvalue weighted by molar-refractivity contribution is 0.568. The topological polar surface area (TPSA) is 12.0 Å². The molecule has 1 aliphatic rings. The number of hydrogen-bond donors (Lipinski definition) is 1. The zero-order valence-electron chi connectivity index (χ0n) is 8.52. The van der Waals surface area contributed by atoms with Gasteiger partial charge in [0.05, 0.1) is 0 Å². The average Bonchev–Trinajstić information content (AvgIpc) is 2.66. The van der Waals surface area contributed by atoms with Gasteiger partial charge in [-0.2, -0.15) is 0 Å². The average molecular weight is 193 g/mol. The second-order valence-electron chi connectivity index (χ2n) is 4.09. The van der Waals surface area contributed by atoms with Crippen LogP contribution in [0.25, 0.3) is 0 Å². The van der Waals surface area contributed by atoms with E-state index in [1.165, 1.54) is 18.1 Å². The maximum atomic E-state index is 13.2. The van der Waals surface area contributed by atoms with Gasteiger partial charge < -0.3 is 5.32 Å². The molecule has 1 unspecified atom stereocenters. The molecule has 14 heavy (non-hydrogen) atoms. The van der Waals surface area contributed by atoms with E-state index in [2.05, 4.69) is 5.32 Å². The first kappa shape index (κ1) is 9.66. The predicted molar refractivity (Wildman–Crippen MR) is 55.8 cm³/mol. The van der Waals surface area contributed by atoms with Crippen molar-refractivity contribution >= 4 is 0 Å². The number of benzene rings is 1.